The third kappa shape index (κ3) is 4.29. The maximum absolute atomic E-state index is 12.2. The van der Waals surface area contributed by atoms with Gasteiger partial charge in [-0.2, -0.15) is 4.98 Å². The number of benzene rings is 2. The van der Waals surface area contributed by atoms with Gasteiger partial charge in [-0.1, -0.05) is 33.2 Å². The third-order valence-corrected chi connectivity index (χ3v) is 5.58. The van der Waals surface area contributed by atoms with E-state index in [0.717, 1.165) is 4.47 Å². The van der Waals surface area contributed by atoms with Crippen molar-refractivity contribution in [1.82, 2.24) is 14.9 Å². The number of hydrogen-bond donors (Lipinski definition) is 1. The highest BCUT2D eigenvalue weighted by Crippen LogP contribution is 2.27. The molecule has 1 heterocycles. The SMILES string of the molecule is COc1ccccc1-c1noc(CCNS(=O)(=O)c2ccc(Br)cc2)n1. The van der Waals surface area contributed by atoms with Gasteiger partial charge in [0.25, 0.3) is 0 Å². The molecule has 3 rings (SSSR count). The molecule has 136 valence electrons. The molecule has 0 aliphatic rings. The first kappa shape index (κ1) is 18.6. The van der Waals surface area contributed by atoms with Gasteiger partial charge >= 0.3 is 0 Å². The van der Waals surface area contributed by atoms with Gasteiger partial charge in [0.05, 0.1) is 17.6 Å². The first-order valence-electron chi connectivity index (χ1n) is 7.71. The van der Waals surface area contributed by atoms with Crippen LogP contribution in [0.3, 0.4) is 0 Å². The van der Waals surface area contributed by atoms with E-state index in [2.05, 4.69) is 30.8 Å². The van der Waals surface area contributed by atoms with Crippen LogP contribution in [0, 0.1) is 0 Å². The molecule has 0 spiro atoms. The van der Waals surface area contributed by atoms with Crippen molar-refractivity contribution in [2.24, 2.45) is 0 Å². The lowest BCUT2D eigenvalue weighted by Crippen LogP contribution is -2.26. The topological polar surface area (TPSA) is 94.3 Å². The van der Waals surface area contributed by atoms with Crippen LogP contribution in [-0.2, 0) is 16.4 Å². The van der Waals surface area contributed by atoms with Crippen LogP contribution in [-0.4, -0.2) is 32.2 Å². The highest BCUT2D eigenvalue weighted by Gasteiger charge is 2.16. The van der Waals surface area contributed by atoms with Crippen LogP contribution in [0.5, 0.6) is 5.75 Å². The smallest absolute Gasteiger partial charge is 0.240 e. The highest BCUT2D eigenvalue weighted by atomic mass is 79.9. The van der Waals surface area contributed by atoms with Crippen molar-refractivity contribution in [3.05, 3.63) is 58.9 Å². The summed E-state index contributed by atoms with van der Waals surface area (Å²) in [5.74, 6) is 1.37. The Bertz CT molecular complexity index is 987. The minimum absolute atomic E-state index is 0.145. The van der Waals surface area contributed by atoms with E-state index in [1.807, 2.05) is 18.2 Å². The molecule has 7 nitrogen and oxygen atoms in total. The molecule has 1 aromatic heterocycles. The molecule has 9 heteroatoms. The third-order valence-electron chi connectivity index (χ3n) is 3.57. The summed E-state index contributed by atoms with van der Waals surface area (Å²) in [6.45, 7) is 0.145. The summed E-state index contributed by atoms with van der Waals surface area (Å²) in [4.78, 5) is 4.49. The number of aromatic nitrogens is 2. The number of nitrogens with zero attached hydrogens (tertiary/aromatic N) is 2. The van der Waals surface area contributed by atoms with Crippen LogP contribution >= 0.6 is 15.9 Å². The fourth-order valence-corrected chi connectivity index (χ4v) is 3.58. The monoisotopic (exact) mass is 437 g/mol. The van der Waals surface area contributed by atoms with E-state index in [0.29, 0.717) is 23.0 Å². The molecule has 26 heavy (non-hydrogen) atoms. The quantitative estimate of drug-likeness (QED) is 0.610. The van der Waals surface area contributed by atoms with Crippen molar-refractivity contribution in [2.75, 3.05) is 13.7 Å². The summed E-state index contributed by atoms with van der Waals surface area (Å²) in [6, 6.07) is 13.7. The molecule has 1 N–H and O–H groups in total. The summed E-state index contributed by atoms with van der Waals surface area (Å²) >= 11 is 3.28. The number of para-hydroxylation sites is 1. The Morgan fingerprint density at radius 1 is 1.15 bits per heavy atom. The molecular weight excluding hydrogens is 422 g/mol. The number of nitrogens with one attached hydrogen (secondary N) is 1. The highest BCUT2D eigenvalue weighted by molar-refractivity contribution is 9.10. The average Bonchev–Trinajstić information content (AvgIpc) is 3.10. The molecule has 0 amide bonds. The van der Waals surface area contributed by atoms with Crippen LogP contribution < -0.4 is 9.46 Å². The van der Waals surface area contributed by atoms with Crippen LogP contribution in [0.1, 0.15) is 5.89 Å². The first-order valence-corrected chi connectivity index (χ1v) is 9.98. The summed E-state index contributed by atoms with van der Waals surface area (Å²) in [6.07, 6.45) is 0.276. The van der Waals surface area contributed by atoms with Gasteiger partial charge in [-0.15, -0.1) is 0 Å². The minimum Gasteiger partial charge on any atom is -0.496 e. The van der Waals surface area contributed by atoms with E-state index in [1.54, 1.807) is 25.3 Å². The van der Waals surface area contributed by atoms with Crippen molar-refractivity contribution in [2.45, 2.75) is 11.3 Å². The van der Waals surface area contributed by atoms with E-state index in [1.165, 1.54) is 12.1 Å². The van der Waals surface area contributed by atoms with Gasteiger partial charge in [-0.05, 0) is 36.4 Å². The van der Waals surface area contributed by atoms with Gasteiger partial charge in [0.15, 0.2) is 0 Å². The molecular formula is C17H16BrN3O4S. The largest absolute Gasteiger partial charge is 0.496 e. The second kappa shape index (κ2) is 7.98. The van der Waals surface area contributed by atoms with Crippen molar-refractivity contribution in [1.29, 1.82) is 0 Å². The van der Waals surface area contributed by atoms with E-state index >= 15 is 0 Å². The molecule has 0 radical (unpaired) electrons. The zero-order chi connectivity index (χ0) is 18.6. The van der Waals surface area contributed by atoms with E-state index in [-0.39, 0.29) is 17.9 Å². The Hall–Kier alpha value is -2.23. The zero-order valence-corrected chi connectivity index (χ0v) is 16.2. The van der Waals surface area contributed by atoms with Crippen LogP contribution in [0.4, 0.5) is 0 Å². The predicted octanol–water partition coefficient (Wildman–Crippen LogP) is 3.03. The van der Waals surface area contributed by atoms with E-state index < -0.39 is 10.0 Å². The number of methoxy groups -OCH3 is 1. The van der Waals surface area contributed by atoms with Crippen molar-refractivity contribution >= 4 is 26.0 Å². The Morgan fingerprint density at radius 3 is 2.62 bits per heavy atom. The zero-order valence-electron chi connectivity index (χ0n) is 13.8. The Morgan fingerprint density at radius 2 is 1.88 bits per heavy atom. The van der Waals surface area contributed by atoms with Gasteiger partial charge < -0.3 is 9.26 Å². The van der Waals surface area contributed by atoms with Crippen LogP contribution in [0.25, 0.3) is 11.4 Å². The molecule has 0 atom stereocenters. The molecule has 0 aliphatic carbocycles. The number of rotatable bonds is 7. The molecule has 2 aromatic carbocycles. The number of sulfonamides is 1. The minimum atomic E-state index is -3.58. The molecule has 3 aromatic rings. The molecule has 0 fully saturated rings. The summed E-state index contributed by atoms with van der Waals surface area (Å²) in [5.41, 5.74) is 0.709. The lowest BCUT2D eigenvalue weighted by Gasteiger charge is -2.05. The van der Waals surface area contributed by atoms with Crippen molar-refractivity contribution in [3.63, 3.8) is 0 Å². The fraction of sp³-hybridized carbons (Fsp3) is 0.176. The molecule has 0 saturated heterocycles. The standard InChI is InChI=1S/C17H16BrN3O4S/c1-24-15-5-3-2-4-14(15)17-20-16(25-21-17)10-11-19-26(22,23)13-8-6-12(18)7-9-13/h2-9,19H,10-11H2,1H3. The summed E-state index contributed by atoms with van der Waals surface area (Å²) < 4.78 is 38.3. The van der Waals surface area contributed by atoms with Gasteiger partial charge in [0.2, 0.25) is 21.7 Å². The molecule has 0 saturated carbocycles. The second-order valence-electron chi connectivity index (χ2n) is 5.31. The second-order valence-corrected chi connectivity index (χ2v) is 8.00. The van der Waals surface area contributed by atoms with Crippen molar-refractivity contribution in [3.8, 4) is 17.1 Å². The van der Waals surface area contributed by atoms with Gasteiger partial charge in [0.1, 0.15) is 5.75 Å². The van der Waals surface area contributed by atoms with Gasteiger partial charge in [-0.3, -0.25) is 0 Å². The average molecular weight is 438 g/mol. The van der Waals surface area contributed by atoms with Crippen molar-refractivity contribution < 1.29 is 17.7 Å². The number of halogens is 1. The maximum Gasteiger partial charge on any atom is 0.240 e. The van der Waals surface area contributed by atoms with E-state index in [4.69, 9.17) is 9.26 Å². The molecule has 0 aliphatic heterocycles. The predicted molar refractivity (Wildman–Crippen MR) is 99.3 cm³/mol. The first-order chi connectivity index (χ1) is 12.5. The normalized spacial score (nSPS) is 11.5. The maximum atomic E-state index is 12.2. The lowest BCUT2D eigenvalue weighted by atomic mass is 10.2. The Labute approximate surface area is 159 Å². The number of hydrogen-bond acceptors (Lipinski definition) is 6. The van der Waals surface area contributed by atoms with Crippen LogP contribution in [0.15, 0.2) is 62.4 Å². The summed E-state index contributed by atoms with van der Waals surface area (Å²) in [5, 5.41) is 3.93. The Kier molecular flexibility index (Phi) is 5.70. The molecule has 0 bridgehead atoms. The Balaban J connectivity index is 1.64. The lowest BCUT2D eigenvalue weighted by molar-refractivity contribution is 0.378. The summed E-state index contributed by atoms with van der Waals surface area (Å²) in [7, 11) is -2.02. The van der Waals surface area contributed by atoms with E-state index in [9.17, 15) is 8.42 Å². The number of ether oxygens (including phenoxy) is 1. The van der Waals surface area contributed by atoms with Gasteiger partial charge in [0, 0.05) is 17.4 Å². The van der Waals surface area contributed by atoms with Crippen LogP contribution in [0.2, 0.25) is 0 Å². The molecule has 0 unspecified atom stereocenters. The van der Waals surface area contributed by atoms with Gasteiger partial charge in [-0.25, -0.2) is 13.1 Å². The fourth-order valence-electron chi connectivity index (χ4n) is 2.28.